The fourth-order valence-electron chi connectivity index (χ4n) is 0.599. The van der Waals surface area contributed by atoms with Crippen molar-refractivity contribution in [1.29, 1.82) is 0 Å². The second-order valence-electron chi connectivity index (χ2n) is 2.54. The summed E-state index contributed by atoms with van der Waals surface area (Å²) in [6.07, 6.45) is -2.14. The summed E-state index contributed by atoms with van der Waals surface area (Å²) in [4.78, 5) is 0. The van der Waals surface area contributed by atoms with Gasteiger partial charge in [-0.25, -0.2) is 0 Å². The first-order valence-corrected chi connectivity index (χ1v) is 3.64. The number of allylic oxidation sites excluding steroid dienone is 2. The number of alkyl halides is 3. The Morgan fingerprint density at radius 2 is 1.85 bits per heavy atom. The van der Waals surface area contributed by atoms with Gasteiger partial charge < -0.3 is 5.32 Å². The van der Waals surface area contributed by atoms with Gasteiger partial charge in [0.25, 0.3) is 0 Å². The van der Waals surface area contributed by atoms with E-state index >= 15 is 0 Å². The molecule has 0 aliphatic rings. The minimum Gasteiger partial charge on any atom is -0.316 e. The van der Waals surface area contributed by atoms with Gasteiger partial charge in [-0.15, -0.1) is 0 Å². The summed E-state index contributed by atoms with van der Waals surface area (Å²) >= 11 is 0. The topological polar surface area (TPSA) is 12.0 Å². The van der Waals surface area contributed by atoms with Crippen molar-refractivity contribution >= 4 is 0 Å². The maximum absolute atomic E-state index is 11.9. The van der Waals surface area contributed by atoms with E-state index in [2.05, 4.69) is 18.5 Å². The Morgan fingerprint density at radius 1 is 1.31 bits per heavy atom. The van der Waals surface area contributed by atoms with E-state index in [-0.39, 0.29) is 0 Å². The number of likely N-dealkylation sites (N-methyl/N-ethyl adjacent to an activating group) is 1. The molecule has 4 heteroatoms. The Balaban J connectivity index is 4.13. The molecule has 0 saturated carbocycles. The fourth-order valence-corrected chi connectivity index (χ4v) is 0.599. The Bertz CT molecular complexity index is 226. The molecule has 0 unspecified atom stereocenters. The normalized spacial score (nSPS) is 12.0. The molecule has 0 radical (unpaired) electrons. The first-order chi connectivity index (χ1) is 5.88. The van der Waals surface area contributed by atoms with E-state index in [0.29, 0.717) is 12.1 Å². The lowest BCUT2D eigenvalue weighted by Crippen LogP contribution is -2.10. The zero-order valence-corrected chi connectivity index (χ0v) is 7.41. The first kappa shape index (κ1) is 12.0. The minimum absolute atomic E-state index is 0.460. The number of rotatable bonds is 4. The van der Waals surface area contributed by atoms with Crippen LogP contribution in [0.1, 0.15) is 0 Å². The highest BCUT2D eigenvalue weighted by Crippen LogP contribution is 2.24. The smallest absolute Gasteiger partial charge is 0.316 e. The third-order valence-electron chi connectivity index (χ3n) is 1.29. The second-order valence-corrected chi connectivity index (χ2v) is 2.54. The van der Waals surface area contributed by atoms with Crippen LogP contribution in [0.15, 0.2) is 36.5 Å². The summed E-state index contributed by atoms with van der Waals surface area (Å²) in [7, 11) is 1.69. The molecule has 0 aliphatic carbocycles. The van der Waals surface area contributed by atoms with E-state index in [0.717, 1.165) is 6.08 Å². The van der Waals surface area contributed by atoms with Gasteiger partial charge >= 0.3 is 6.18 Å². The lowest BCUT2D eigenvalue weighted by Gasteiger charge is -2.04. The standard InChI is InChI=1S/C9H12F3N/c1-7(6-13-3)4-5-8(2)9(10,11)12/h4-5,13H,1-2,6H2,3H3/b5-4-. The zero-order chi connectivity index (χ0) is 10.5. The third-order valence-corrected chi connectivity index (χ3v) is 1.29. The maximum atomic E-state index is 11.9. The van der Waals surface area contributed by atoms with Crippen molar-refractivity contribution < 1.29 is 13.2 Å². The number of hydrogen-bond donors (Lipinski definition) is 1. The molecule has 0 atom stereocenters. The molecule has 0 spiro atoms. The quantitative estimate of drug-likeness (QED) is 0.673. The molecule has 0 bridgehead atoms. The van der Waals surface area contributed by atoms with Crippen LogP contribution in [-0.4, -0.2) is 19.8 Å². The van der Waals surface area contributed by atoms with E-state index in [4.69, 9.17) is 0 Å². The zero-order valence-electron chi connectivity index (χ0n) is 7.41. The minimum atomic E-state index is -4.35. The van der Waals surface area contributed by atoms with Crippen molar-refractivity contribution in [2.45, 2.75) is 6.18 Å². The van der Waals surface area contributed by atoms with Crippen LogP contribution < -0.4 is 5.32 Å². The van der Waals surface area contributed by atoms with Crippen LogP contribution in [0.2, 0.25) is 0 Å². The van der Waals surface area contributed by atoms with E-state index in [9.17, 15) is 13.2 Å². The molecule has 0 rings (SSSR count). The van der Waals surface area contributed by atoms with Crippen LogP contribution in [-0.2, 0) is 0 Å². The molecule has 0 aliphatic heterocycles. The van der Waals surface area contributed by atoms with Crippen molar-refractivity contribution in [3.05, 3.63) is 36.5 Å². The van der Waals surface area contributed by atoms with Crippen molar-refractivity contribution in [2.24, 2.45) is 0 Å². The van der Waals surface area contributed by atoms with Crippen LogP contribution in [0.3, 0.4) is 0 Å². The highest BCUT2D eigenvalue weighted by molar-refractivity contribution is 5.27. The molecule has 0 saturated heterocycles. The van der Waals surface area contributed by atoms with Crippen LogP contribution in [0.25, 0.3) is 0 Å². The van der Waals surface area contributed by atoms with Gasteiger partial charge in [0.05, 0.1) is 0 Å². The molecule has 0 heterocycles. The summed E-state index contributed by atoms with van der Waals surface area (Å²) in [6, 6.07) is 0. The second kappa shape index (κ2) is 4.87. The first-order valence-electron chi connectivity index (χ1n) is 3.64. The van der Waals surface area contributed by atoms with E-state index in [1.807, 2.05) is 0 Å². The highest BCUT2D eigenvalue weighted by Gasteiger charge is 2.29. The molecule has 0 aromatic heterocycles. The van der Waals surface area contributed by atoms with Crippen molar-refractivity contribution in [2.75, 3.05) is 13.6 Å². The maximum Gasteiger partial charge on any atom is 0.415 e. The summed E-state index contributed by atoms with van der Waals surface area (Å²) in [6.45, 7) is 6.89. The van der Waals surface area contributed by atoms with Gasteiger partial charge in [0.15, 0.2) is 0 Å². The van der Waals surface area contributed by atoms with Gasteiger partial charge in [-0.05, 0) is 12.6 Å². The van der Waals surface area contributed by atoms with Crippen LogP contribution in [0, 0.1) is 0 Å². The Labute approximate surface area is 75.6 Å². The Kier molecular flexibility index (Phi) is 4.48. The van der Waals surface area contributed by atoms with Crippen molar-refractivity contribution in [3.8, 4) is 0 Å². The fraction of sp³-hybridized carbons (Fsp3) is 0.333. The van der Waals surface area contributed by atoms with Gasteiger partial charge in [-0.3, -0.25) is 0 Å². The summed E-state index contributed by atoms with van der Waals surface area (Å²) in [5.74, 6) is 0. The average Bonchev–Trinajstić information content (AvgIpc) is 1.99. The highest BCUT2D eigenvalue weighted by atomic mass is 19.4. The lowest BCUT2D eigenvalue weighted by molar-refractivity contribution is -0.0878. The molecular weight excluding hydrogens is 179 g/mol. The van der Waals surface area contributed by atoms with Gasteiger partial charge in [0.1, 0.15) is 0 Å². The lowest BCUT2D eigenvalue weighted by atomic mass is 10.2. The predicted molar refractivity (Wildman–Crippen MR) is 47.4 cm³/mol. The largest absolute Gasteiger partial charge is 0.415 e. The number of halogens is 3. The van der Waals surface area contributed by atoms with Crippen LogP contribution in [0.5, 0.6) is 0 Å². The molecule has 0 aromatic rings. The molecular formula is C9H12F3N. The molecule has 1 N–H and O–H groups in total. The predicted octanol–water partition coefficient (Wildman–Crippen LogP) is 2.44. The molecule has 0 aromatic carbocycles. The monoisotopic (exact) mass is 191 g/mol. The van der Waals surface area contributed by atoms with Crippen LogP contribution in [0.4, 0.5) is 13.2 Å². The summed E-state index contributed by atoms with van der Waals surface area (Å²) < 4.78 is 35.7. The molecule has 13 heavy (non-hydrogen) atoms. The number of nitrogens with one attached hydrogen (secondary N) is 1. The SMILES string of the molecule is C=C(/C=C\C(=C)C(F)(F)F)CNC. The van der Waals surface area contributed by atoms with E-state index < -0.39 is 11.7 Å². The number of hydrogen-bond acceptors (Lipinski definition) is 1. The van der Waals surface area contributed by atoms with Gasteiger partial charge in [0, 0.05) is 12.1 Å². The molecule has 0 fully saturated rings. The van der Waals surface area contributed by atoms with Gasteiger partial charge in [-0.2, -0.15) is 13.2 Å². The summed E-state index contributed by atoms with van der Waals surface area (Å²) in [5.41, 5.74) is -0.294. The average molecular weight is 191 g/mol. The van der Waals surface area contributed by atoms with Gasteiger partial charge in [-0.1, -0.05) is 25.3 Å². The Hall–Kier alpha value is -1.03. The van der Waals surface area contributed by atoms with Crippen molar-refractivity contribution in [3.63, 3.8) is 0 Å². The van der Waals surface area contributed by atoms with Crippen molar-refractivity contribution in [1.82, 2.24) is 5.32 Å². The van der Waals surface area contributed by atoms with Gasteiger partial charge in [0.2, 0.25) is 0 Å². The van der Waals surface area contributed by atoms with E-state index in [1.54, 1.807) is 7.05 Å². The summed E-state index contributed by atoms with van der Waals surface area (Å²) in [5, 5.41) is 2.77. The van der Waals surface area contributed by atoms with E-state index in [1.165, 1.54) is 6.08 Å². The molecule has 0 amide bonds. The third kappa shape index (κ3) is 5.25. The molecule has 74 valence electrons. The van der Waals surface area contributed by atoms with Crippen LogP contribution >= 0.6 is 0 Å². The Morgan fingerprint density at radius 3 is 2.23 bits per heavy atom. The molecule has 1 nitrogen and oxygen atoms in total.